The number of hydrogen-bond acceptors (Lipinski definition) is 3. The molecule has 2 rings (SSSR count). The zero-order valence-corrected chi connectivity index (χ0v) is 13.4. The van der Waals surface area contributed by atoms with E-state index in [1.807, 2.05) is 6.08 Å². The molecule has 2 heterocycles. The summed E-state index contributed by atoms with van der Waals surface area (Å²) in [5, 5.41) is 0. The SMILES string of the molecule is C=CCCCCCCCn1c(=O)c2c(ncn2C)n(C)c1=O. The Kier molecular flexibility index (Phi) is 5.35. The molecule has 6 heteroatoms. The van der Waals surface area contributed by atoms with Crippen molar-refractivity contribution in [3.8, 4) is 0 Å². The van der Waals surface area contributed by atoms with Crippen LogP contribution < -0.4 is 11.2 Å². The van der Waals surface area contributed by atoms with Gasteiger partial charge in [-0.05, 0) is 19.3 Å². The molecule has 0 unspecified atom stereocenters. The zero-order valence-electron chi connectivity index (χ0n) is 13.4. The van der Waals surface area contributed by atoms with E-state index in [1.165, 1.54) is 15.6 Å². The third-order valence-corrected chi connectivity index (χ3v) is 3.99. The molecule has 0 aliphatic heterocycles. The molecule has 120 valence electrons. The summed E-state index contributed by atoms with van der Waals surface area (Å²) in [7, 11) is 3.42. The molecule has 0 atom stereocenters. The lowest BCUT2D eigenvalue weighted by Gasteiger charge is -2.08. The van der Waals surface area contributed by atoms with Gasteiger partial charge in [0.25, 0.3) is 5.56 Å². The Bertz CT molecular complexity index is 767. The van der Waals surface area contributed by atoms with Crippen LogP contribution in [0.3, 0.4) is 0 Å². The quantitative estimate of drug-likeness (QED) is 0.553. The summed E-state index contributed by atoms with van der Waals surface area (Å²) in [5.41, 5.74) is 0.388. The van der Waals surface area contributed by atoms with E-state index in [0.29, 0.717) is 17.7 Å². The number of hydrogen-bond donors (Lipinski definition) is 0. The molecule has 2 aromatic rings. The third-order valence-electron chi connectivity index (χ3n) is 3.99. The molecule has 0 fully saturated rings. The molecule has 0 aliphatic carbocycles. The minimum absolute atomic E-state index is 0.246. The van der Waals surface area contributed by atoms with E-state index < -0.39 is 0 Å². The van der Waals surface area contributed by atoms with Crippen LogP contribution >= 0.6 is 0 Å². The lowest BCUT2D eigenvalue weighted by Crippen LogP contribution is -2.39. The van der Waals surface area contributed by atoms with Crippen LogP contribution in [0.15, 0.2) is 28.6 Å². The second kappa shape index (κ2) is 7.24. The van der Waals surface area contributed by atoms with Crippen molar-refractivity contribution in [1.29, 1.82) is 0 Å². The van der Waals surface area contributed by atoms with E-state index >= 15 is 0 Å². The van der Waals surface area contributed by atoms with Crippen LogP contribution in [0.4, 0.5) is 0 Å². The lowest BCUT2D eigenvalue weighted by molar-refractivity contribution is 0.528. The number of rotatable bonds is 8. The van der Waals surface area contributed by atoms with Crippen LogP contribution in [0, 0.1) is 0 Å². The first kappa shape index (κ1) is 16.3. The summed E-state index contributed by atoms with van der Waals surface area (Å²) in [5.74, 6) is 0. The summed E-state index contributed by atoms with van der Waals surface area (Å²) in [6, 6.07) is 0. The fourth-order valence-electron chi connectivity index (χ4n) is 2.68. The van der Waals surface area contributed by atoms with Crippen molar-refractivity contribution in [1.82, 2.24) is 18.7 Å². The predicted octanol–water partition coefficient (Wildman–Crippen LogP) is 1.96. The second-order valence-corrected chi connectivity index (χ2v) is 5.67. The number of fused-ring (bicyclic) bond motifs is 1. The van der Waals surface area contributed by atoms with Gasteiger partial charge in [0, 0.05) is 20.6 Å². The first-order valence-corrected chi connectivity index (χ1v) is 7.79. The van der Waals surface area contributed by atoms with Crippen molar-refractivity contribution < 1.29 is 0 Å². The molecule has 0 spiro atoms. The van der Waals surface area contributed by atoms with Gasteiger partial charge in [-0.15, -0.1) is 6.58 Å². The number of allylic oxidation sites excluding steroid dienone is 1. The third kappa shape index (κ3) is 3.21. The fourth-order valence-corrected chi connectivity index (χ4v) is 2.68. The molecule has 0 aromatic carbocycles. The molecule has 22 heavy (non-hydrogen) atoms. The first-order chi connectivity index (χ1) is 10.6. The van der Waals surface area contributed by atoms with Crippen LogP contribution in [0.2, 0.25) is 0 Å². The van der Waals surface area contributed by atoms with Gasteiger partial charge in [-0.3, -0.25) is 13.9 Å². The van der Waals surface area contributed by atoms with Gasteiger partial charge in [0.1, 0.15) is 0 Å². The predicted molar refractivity (Wildman–Crippen MR) is 88.1 cm³/mol. The van der Waals surface area contributed by atoms with Gasteiger partial charge in [0.15, 0.2) is 11.2 Å². The molecule has 0 saturated carbocycles. The Morgan fingerprint density at radius 2 is 1.82 bits per heavy atom. The molecular weight excluding hydrogens is 280 g/mol. The molecule has 0 saturated heterocycles. The number of nitrogens with zero attached hydrogens (tertiary/aromatic N) is 4. The molecule has 0 N–H and O–H groups in total. The van der Waals surface area contributed by atoms with Gasteiger partial charge in [0.2, 0.25) is 0 Å². The topological polar surface area (TPSA) is 61.8 Å². The van der Waals surface area contributed by atoms with Crippen LogP contribution in [-0.2, 0) is 20.6 Å². The number of aryl methyl sites for hydroxylation is 2. The van der Waals surface area contributed by atoms with Gasteiger partial charge >= 0.3 is 5.69 Å². The summed E-state index contributed by atoms with van der Waals surface area (Å²) in [6.07, 6.45) is 9.87. The highest BCUT2D eigenvalue weighted by molar-refractivity contribution is 5.69. The molecule has 0 bridgehead atoms. The maximum Gasteiger partial charge on any atom is 0.332 e. The highest BCUT2D eigenvalue weighted by Crippen LogP contribution is 2.07. The minimum atomic E-state index is -0.289. The maximum atomic E-state index is 12.5. The standard InChI is InChI=1S/C16H24N4O2/c1-4-5-6-7-8-9-10-11-20-15(21)13-14(17-12-18(13)2)19(3)16(20)22/h4,12H,1,5-11H2,2-3H3. The van der Waals surface area contributed by atoms with Crippen LogP contribution in [0.25, 0.3) is 11.2 Å². The fraction of sp³-hybridized carbons (Fsp3) is 0.562. The van der Waals surface area contributed by atoms with E-state index in [4.69, 9.17) is 0 Å². The molecule has 6 nitrogen and oxygen atoms in total. The summed E-state index contributed by atoms with van der Waals surface area (Å²) in [4.78, 5) is 28.9. The van der Waals surface area contributed by atoms with Crippen LogP contribution in [0.1, 0.15) is 38.5 Å². The van der Waals surface area contributed by atoms with Crippen LogP contribution in [-0.4, -0.2) is 18.7 Å². The Morgan fingerprint density at radius 1 is 1.14 bits per heavy atom. The van der Waals surface area contributed by atoms with E-state index in [9.17, 15) is 9.59 Å². The van der Waals surface area contributed by atoms with Crippen molar-refractivity contribution in [2.45, 2.75) is 45.1 Å². The number of aromatic nitrogens is 4. The summed E-state index contributed by atoms with van der Waals surface area (Å²) >= 11 is 0. The second-order valence-electron chi connectivity index (χ2n) is 5.67. The summed E-state index contributed by atoms with van der Waals surface area (Å²) in [6.45, 7) is 4.17. The van der Waals surface area contributed by atoms with E-state index in [1.54, 1.807) is 25.0 Å². The molecular formula is C16H24N4O2. The number of imidazole rings is 1. The Hall–Kier alpha value is -2.11. The molecule has 0 amide bonds. The smallest absolute Gasteiger partial charge is 0.328 e. The first-order valence-electron chi connectivity index (χ1n) is 7.79. The molecule has 2 aromatic heterocycles. The van der Waals surface area contributed by atoms with Gasteiger partial charge in [-0.1, -0.05) is 25.3 Å². The van der Waals surface area contributed by atoms with Gasteiger partial charge in [-0.25, -0.2) is 9.78 Å². The minimum Gasteiger partial charge on any atom is -0.328 e. The van der Waals surface area contributed by atoms with E-state index in [0.717, 1.165) is 32.1 Å². The van der Waals surface area contributed by atoms with Crippen LogP contribution in [0.5, 0.6) is 0 Å². The Balaban J connectivity index is 2.08. The van der Waals surface area contributed by atoms with Gasteiger partial charge in [0.05, 0.1) is 6.33 Å². The zero-order chi connectivity index (χ0) is 16.1. The average Bonchev–Trinajstić information content (AvgIpc) is 2.89. The largest absolute Gasteiger partial charge is 0.332 e. The van der Waals surface area contributed by atoms with Crippen molar-refractivity contribution in [2.24, 2.45) is 14.1 Å². The average molecular weight is 304 g/mol. The van der Waals surface area contributed by atoms with E-state index in [-0.39, 0.29) is 11.2 Å². The normalized spacial score (nSPS) is 11.2. The van der Waals surface area contributed by atoms with Crippen molar-refractivity contribution in [3.05, 3.63) is 39.8 Å². The van der Waals surface area contributed by atoms with Gasteiger partial charge < -0.3 is 4.57 Å². The number of unbranched alkanes of at least 4 members (excludes halogenated alkanes) is 5. The molecule has 0 radical (unpaired) electrons. The monoisotopic (exact) mass is 304 g/mol. The highest BCUT2D eigenvalue weighted by Gasteiger charge is 2.14. The lowest BCUT2D eigenvalue weighted by atomic mass is 10.1. The van der Waals surface area contributed by atoms with Crippen molar-refractivity contribution >= 4 is 11.2 Å². The van der Waals surface area contributed by atoms with Gasteiger partial charge in [-0.2, -0.15) is 0 Å². The van der Waals surface area contributed by atoms with Crippen molar-refractivity contribution in [3.63, 3.8) is 0 Å². The maximum absolute atomic E-state index is 12.5. The Morgan fingerprint density at radius 3 is 2.55 bits per heavy atom. The highest BCUT2D eigenvalue weighted by atomic mass is 16.2. The molecule has 0 aliphatic rings. The summed E-state index contributed by atoms with van der Waals surface area (Å²) < 4.78 is 4.44. The van der Waals surface area contributed by atoms with Crippen molar-refractivity contribution in [2.75, 3.05) is 0 Å². The Labute approximate surface area is 129 Å². The van der Waals surface area contributed by atoms with E-state index in [2.05, 4.69) is 11.6 Å².